The Labute approximate surface area is 185 Å². The van der Waals surface area contributed by atoms with Crippen molar-refractivity contribution in [2.45, 2.75) is 19.9 Å². The monoisotopic (exact) mass is 511 g/mol. The highest BCUT2D eigenvalue weighted by atomic mass is 127. The highest BCUT2D eigenvalue weighted by Gasteiger charge is 2.33. The van der Waals surface area contributed by atoms with Crippen LogP contribution in [0.4, 0.5) is 15.5 Å². The first-order chi connectivity index (χ1) is 12.8. The number of halogens is 1. The summed E-state index contributed by atoms with van der Waals surface area (Å²) in [6.45, 7) is 4.93. The smallest absolute Gasteiger partial charge is 0.324 e. The molecule has 1 aromatic carbocycles. The van der Waals surface area contributed by atoms with E-state index in [1.54, 1.807) is 24.3 Å². The number of hydrogen-bond donors (Lipinski definition) is 3. The van der Waals surface area contributed by atoms with E-state index in [4.69, 9.17) is 11.0 Å². The summed E-state index contributed by atoms with van der Waals surface area (Å²) < 4.78 is 0.905. The lowest BCUT2D eigenvalue weighted by Crippen LogP contribution is -3.00. The molecular formula is C19H22IN5O2S. The molecule has 1 aromatic heterocycles. The molecule has 0 saturated heterocycles. The molecule has 4 N–H and O–H groups in total. The normalized spacial score (nSPS) is 17.6. The van der Waals surface area contributed by atoms with Gasteiger partial charge in [-0.25, -0.2) is 4.79 Å². The number of nitrogens with one attached hydrogen (secondary N) is 2. The van der Waals surface area contributed by atoms with E-state index >= 15 is 0 Å². The maximum atomic E-state index is 12.4. The maximum absolute atomic E-state index is 12.4. The Bertz CT molecular complexity index is 935. The third-order valence-electron chi connectivity index (χ3n) is 5.03. The number of fused-ring (bicyclic) bond motifs is 1. The number of amides is 3. The Morgan fingerprint density at radius 1 is 1.29 bits per heavy atom. The first-order valence-electron chi connectivity index (χ1n) is 8.71. The number of carbonyl (C=O) groups is 2. The number of benzene rings is 1. The number of anilines is 2. The molecule has 0 radical (unpaired) electrons. The van der Waals surface area contributed by atoms with Crippen LogP contribution in [-0.4, -0.2) is 36.6 Å². The molecule has 0 fully saturated rings. The Morgan fingerprint density at radius 3 is 2.54 bits per heavy atom. The summed E-state index contributed by atoms with van der Waals surface area (Å²) in [5, 5.41) is 14.8. The van der Waals surface area contributed by atoms with Gasteiger partial charge in [0.25, 0.3) is 5.91 Å². The molecule has 2 aromatic rings. The van der Waals surface area contributed by atoms with Crippen LogP contribution in [0, 0.1) is 11.3 Å². The van der Waals surface area contributed by atoms with E-state index in [0.29, 0.717) is 21.8 Å². The van der Waals surface area contributed by atoms with Crippen LogP contribution in [0.2, 0.25) is 0 Å². The van der Waals surface area contributed by atoms with Gasteiger partial charge in [-0.1, -0.05) is 0 Å². The fourth-order valence-corrected chi connectivity index (χ4v) is 4.64. The molecule has 3 amide bonds. The van der Waals surface area contributed by atoms with Gasteiger partial charge >= 0.3 is 6.03 Å². The number of quaternary nitrogens is 1. The van der Waals surface area contributed by atoms with Crippen LogP contribution in [0.25, 0.3) is 0 Å². The number of nitrogens with zero attached hydrogens (tertiary/aromatic N) is 2. The SMILES string of the molecule is CC[N+]1(C)CCc2c(sc(NC(=O)Nc3ccc(C#N)cc3)c2C(N)=O)C1.[I-]. The van der Waals surface area contributed by atoms with Crippen molar-refractivity contribution in [2.24, 2.45) is 5.73 Å². The van der Waals surface area contributed by atoms with E-state index in [1.165, 1.54) is 11.3 Å². The van der Waals surface area contributed by atoms with Crippen LogP contribution in [0.15, 0.2) is 24.3 Å². The first-order valence-corrected chi connectivity index (χ1v) is 9.53. The molecule has 0 spiro atoms. The number of carbonyl (C=O) groups excluding carboxylic acids is 2. The van der Waals surface area contributed by atoms with E-state index in [1.807, 2.05) is 6.07 Å². The zero-order valence-corrected chi connectivity index (χ0v) is 18.7. The van der Waals surface area contributed by atoms with Gasteiger partial charge in [0.1, 0.15) is 11.5 Å². The van der Waals surface area contributed by atoms with Crippen molar-refractivity contribution in [1.29, 1.82) is 5.26 Å². The van der Waals surface area contributed by atoms with Crippen molar-refractivity contribution in [2.75, 3.05) is 30.8 Å². The molecule has 7 nitrogen and oxygen atoms in total. The van der Waals surface area contributed by atoms with Crippen LogP contribution in [0.1, 0.15) is 33.3 Å². The van der Waals surface area contributed by atoms with Gasteiger partial charge in [-0.15, -0.1) is 11.3 Å². The van der Waals surface area contributed by atoms with Crippen molar-refractivity contribution in [3.8, 4) is 6.07 Å². The number of nitrogens with two attached hydrogens (primary N) is 1. The van der Waals surface area contributed by atoms with Crippen LogP contribution < -0.4 is 40.3 Å². The predicted molar refractivity (Wildman–Crippen MR) is 106 cm³/mol. The summed E-state index contributed by atoms with van der Waals surface area (Å²) in [5.41, 5.74) is 8.06. The summed E-state index contributed by atoms with van der Waals surface area (Å²) in [6, 6.07) is 8.12. The Balaban J connectivity index is 0.00000280. The summed E-state index contributed by atoms with van der Waals surface area (Å²) in [6.07, 6.45) is 0.771. The minimum absolute atomic E-state index is 0. The number of rotatable bonds is 4. The van der Waals surface area contributed by atoms with Crippen LogP contribution in [0.5, 0.6) is 0 Å². The van der Waals surface area contributed by atoms with Gasteiger partial charge in [0, 0.05) is 12.1 Å². The Hall–Kier alpha value is -2.16. The maximum Gasteiger partial charge on any atom is 0.324 e. The second kappa shape index (κ2) is 8.89. The molecule has 28 heavy (non-hydrogen) atoms. The highest BCUT2D eigenvalue weighted by Crippen LogP contribution is 2.38. The number of hydrogen-bond acceptors (Lipinski definition) is 4. The number of thiophene rings is 1. The third-order valence-corrected chi connectivity index (χ3v) is 6.16. The van der Waals surface area contributed by atoms with Crippen molar-refractivity contribution < 1.29 is 38.0 Å². The number of likely N-dealkylation sites (N-methyl/N-ethyl adjacent to an activating group) is 1. The minimum Gasteiger partial charge on any atom is -1.00 e. The fourth-order valence-electron chi connectivity index (χ4n) is 3.22. The van der Waals surface area contributed by atoms with E-state index in [-0.39, 0.29) is 24.0 Å². The Morgan fingerprint density at radius 2 is 1.96 bits per heavy atom. The fraction of sp³-hybridized carbons (Fsp3) is 0.316. The molecule has 148 valence electrons. The molecule has 9 heteroatoms. The topological polar surface area (TPSA) is 108 Å². The summed E-state index contributed by atoms with van der Waals surface area (Å²) in [7, 11) is 2.19. The van der Waals surface area contributed by atoms with Crippen molar-refractivity contribution in [3.63, 3.8) is 0 Å². The van der Waals surface area contributed by atoms with Crippen LogP contribution >= 0.6 is 11.3 Å². The van der Waals surface area contributed by atoms with E-state index < -0.39 is 11.9 Å². The third kappa shape index (κ3) is 4.63. The molecule has 0 aliphatic carbocycles. The summed E-state index contributed by atoms with van der Waals surface area (Å²) in [5.74, 6) is -0.520. The summed E-state index contributed by atoms with van der Waals surface area (Å²) in [4.78, 5) is 25.5. The lowest BCUT2D eigenvalue weighted by atomic mass is 10.0. The quantitative estimate of drug-likeness (QED) is 0.394. The van der Waals surface area contributed by atoms with Crippen LogP contribution in [0.3, 0.4) is 0 Å². The number of nitriles is 1. The van der Waals surface area contributed by atoms with Gasteiger partial charge in [0.2, 0.25) is 0 Å². The van der Waals surface area contributed by atoms with Gasteiger partial charge in [-0.2, -0.15) is 5.26 Å². The van der Waals surface area contributed by atoms with Gasteiger partial charge < -0.3 is 39.5 Å². The molecule has 1 aliphatic heterocycles. The second-order valence-corrected chi connectivity index (χ2v) is 8.01. The van der Waals surface area contributed by atoms with E-state index in [9.17, 15) is 9.59 Å². The largest absolute Gasteiger partial charge is 1.00 e. The highest BCUT2D eigenvalue weighted by molar-refractivity contribution is 7.17. The number of urea groups is 1. The van der Waals surface area contributed by atoms with Gasteiger partial charge in [0.05, 0.1) is 42.2 Å². The lowest BCUT2D eigenvalue weighted by molar-refractivity contribution is -0.922. The van der Waals surface area contributed by atoms with E-state index in [0.717, 1.165) is 41.0 Å². The standard InChI is InChI=1S/C19H21N5O2S.HI/c1-3-24(2)9-8-14-15(11-24)27-18(16(14)17(21)25)23-19(26)22-13-6-4-12(10-20)5-7-13;/h4-7H,3,8-9,11H2,1-2H3,(H3-,21,22,23,25,26);1H. The molecule has 1 atom stereocenters. The summed E-state index contributed by atoms with van der Waals surface area (Å²) >= 11 is 1.42. The Kier molecular flexibility index (Phi) is 7.03. The molecule has 1 aliphatic rings. The predicted octanol–water partition coefficient (Wildman–Crippen LogP) is -0.111. The van der Waals surface area contributed by atoms with Crippen LogP contribution in [-0.2, 0) is 13.0 Å². The van der Waals surface area contributed by atoms with Crippen molar-refractivity contribution in [3.05, 3.63) is 45.8 Å². The van der Waals surface area contributed by atoms with Crippen molar-refractivity contribution >= 4 is 34.0 Å². The molecule has 1 unspecified atom stereocenters. The van der Waals surface area contributed by atoms with Gasteiger partial charge in [-0.3, -0.25) is 10.1 Å². The molecule has 0 saturated carbocycles. The first kappa shape index (κ1) is 22.1. The zero-order valence-electron chi connectivity index (χ0n) is 15.7. The molecule has 0 bridgehead atoms. The average Bonchev–Trinajstić information content (AvgIpc) is 2.98. The second-order valence-electron chi connectivity index (χ2n) is 6.91. The number of primary amides is 1. The van der Waals surface area contributed by atoms with Crippen molar-refractivity contribution in [1.82, 2.24) is 0 Å². The van der Waals surface area contributed by atoms with Gasteiger partial charge in [0.15, 0.2) is 0 Å². The molecule has 2 heterocycles. The molecular weight excluding hydrogens is 489 g/mol. The minimum atomic E-state index is -0.520. The lowest BCUT2D eigenvalue weighted by Gasteiger charge is -2.36. The van der Waals surface area contributed by atoms with E-state index in [2.05, 4.69) is 24.6 Å². The van der Waals surface area contributed by atoms with Gasteiger partial charge in [-0.05, 0) is 36.8 Å². The zero-order chi connectivity index (χ0) is 19.6. The molecule has 3 rings (SSSR count). The average molecular weight is 511 g/mol.